The number of rotatable bonds is 9. The zero-order valence-corrected chi connectivity index (χ0v) is 20.0. The Bertz CT molecular complexity index is 988. The molecule has 1 N–H and O–H groups in total. The van der Waals surface area contributed by atoms with Crippen molar-refractivity contribution >= 4 is 39.3 Å². The van der Waals surface area contributed by atoms with Crippen LogP contribution in [0.1, 0.15) is 30.8 Å². The van der Waals surface area contributed by atoms with Crippen LogP contribution < -0.4 is 5.32 Å². The molecule has 30 heavy (non-hydrogen) atoms. The fourth-order valence-corrected chi connectivity index (χ4v) is 4.46. The summed E-state index contributed by atoms with van der Waals surface area (Å²) in [6.45, 7) is 7.21. The Labute approximate surface area is 190 Å². The average Bonchev–Trinajstić information content (AvgIpc) is 3.08. The number of nitrogens with one attached hydrogen (secondary N) is 1. The maximum Gasteiger partial charge on any atom is 0.234 e. The summed E-state index contributed by atoms with van der Waals surface area (Å²) in [5.74, 6) is 1.66. The Hall–Kier alpha value is -2.12. The molecule has 0 fully saturated rings. The highest BCUT2D eigenvalue weighted by atomic mass is 79.9. The van der Waals surface area contributed by atoms with Crippen molar-refractivity contribution in [1.82, 2.24) is 14.8 Å². The number of carbonyl (C=O) groups is 1. The molecule has 0 aliphatic heterocycles. The number of aryl methyl sites for hydroxylation is 3. The fourth-order valence-electron chi connectivity index (χ4n) is 3.10. The maximum atomic E-state index is 12.5. The van der Waals surface area contributed by atoms with E-state index in [9.17, 15) is 4.79 Å². The van der Waals surface area contributed by atoms with Gasteiger partial charge in [-0.2, -0.15) is 0 Å². The van der Waals surface area contributed by atoms with Crippen LogP contribution in [0.2, 0.25) is 0 Å². The highest BCUT2D eigenvalue weighted by molar-refractivity contribution is 9.10. The molecular formula is C23H27BrN4OS. The second-order valence-corrected chi connectivity index (χ2v) is 9.51. The van der Waals surface area contributed by atoms with Crippen LogP contribution in [0, 0.1) is 12.8 Å². The lowest BCUT2D eigenvalue weighted by molar-refractivity contribution is -0.113. The van der Waals surface area contributed by atoms with Gasteiger partial charge in [-0.05, 0) is 58.5 Å². The summed E-state index contributed by atoms with van der Waals surface area (Å²) in [7, 11) is 0. The van der Waals surface area contributed by atoms with Gasteiger partial charge in [0.1, 0.15) is 5.82 Å². The third kappa shape index (κ3) is 6.44. The molecule has 0 aliphatic rings. The number of carbonyl (C=O) groups excluding carboxylic acids is 1. The first-order chi connectivity index (χ1) is 14.4. The molecule has 3 rings (SSSR count). The van der Waals surface area contributed by atoms with Crippen molar-refractivity contribution in [1.29, 1.82) is 0 Å². The third-order valence-electron chi connectivity index (χ3n) is 4.55. The van der Waals surface area contributed by atoms with Gasteiger partial charge in [-0.25, -0.2) is 0 Å². The van der Waals surface area contributed by atoms with Gasteiger partial charge in [0, 0.05) is 17.4 Å². The van der Waals surface area contributed by atoms with Crippen LogP contribution in [0.3, 0.4) is 0 Å². The topological polar surface area (TPSA) is 59.8 Å². The third-order valence-corrected chi connectivity index (χ3v) is 6.18. The van der Waals surface area contributed by atoms with E-state index in [0.29, 0.717) is 5.92 Å². The number of aromatic nitrogens is 3. The van der Waals surface area contributed by atoms with Crippen LogP contribution in [0.4, 0.5) is 5.69 Å². The second-order valence-electron chi connectivity index (χ2n) is 7.71. The van der Waals surface area contributed by atoms with Gasteiger partial charge in [0.2, 0.25) is 5.91 Å². The van der Waals surface area contributed by atoms with Crippen molar-refractivity contribution in [2.45, 2.75) is 45.3 Å². The molecule has 0 aliphatic carbocycles. The van der Waals surface area contributed by atoms with Crippen molar-refractivity contribution in [2.75, 3.05) is 11.1 Å². The zero-order chi connectivity index (χ0) is 21.5. The quantitative estimate of drug-likeness (QED) is 0.404. The van der Waals surface area contributed by atoms with E-state index in [1.165, 1.54) is 17.3 Å². The summed E-state index contributed by atoms with van der Waals surface area (Å²) >= 11 is 4.93. The molecule has 5 nitrogen and oxygen atoms in total. The first-order valence-electron chi connectivity index (χ1n) is 10.1. The van der Waals surface area contributed by atoms with Crippen molar-refractivity contribution in [3.05, 3.63) is 70.0 Å². The smallest absolute Gasteiger partial charge is 0.234 e. The number of hydrogen-bond donors (Lipinski definition) is 1. The molecule has 0 atom stereocenters. The fraction of sp³-hybridized carbons (Fsp3) is 0.348. The molecule has 1 amide bonds. The van der Waals surface area contributed by atoms with E-state index < -0.39 is 0 Å². The molecule has 158 valence electrons. The standard InChI is InChI=1S/C23H27BrN4OS/c1-16(2)14-28-21(12-10-18-7-5-4-6-8-18)26-27-23(28)30-15-22(29)25-20-11-9-17(3)13-19(20)24/h4-9,11,13,16H,10,12,14-15H2,1-3H3,(H,25,29). The van der Waals surface area contributed by atoms with Gasteiger partial charge in [0.05, 0.1) is 11.4 Å². The number of anilines is 1. The SMILES string of the molecule is Cc1ccc(NC(=O)CSc2nnc(CCc3ccccc3)n2CC(C)C)c(Br)c1. The van der Waals surface area contributed by atoms with Crippen molar-refractivity contribution in [2.24, 2.45) is 5.92 Å². The monoisotopic (exact) mass is 486 g/mol. The van der Waals surface area contributed by atoms with E-state index in [0.717, 1.165) is 46.1 Å². The highest BCUT2D eigenvalue weighted by Gasteiger charge is 2.16. The zero-order valence-electron chi connectivity index (χ0n) is 17.6. The van der Waals surface area contributed by atoms with Crippen LogP contribution in [-0.2, 0) is 24.2 Å². The summed E-state index contributed by atoms with van der Waals surface area (Å²) in [6, 6.07) is 16.3. The van der Waals surface area contributed by atoms with E-state index in [2.05, 4.69) is 74.1 Å². The van der Waals surface area contributed by atoms with E-state index in [4.69, 9.17) is 0 Å². The number of thioether (sulfide) groups is 1. The summed E-state index contributed by atoms with van der Waals surface area (Å²) in [5.41, 5.74) is 3.20. The minimum Gasteiger partial charge on any atom is -0.324 e. The van der Waals surface area contributed by atoms with Crippen LogP contribution in [0.5, 0.6) is 0 Å². The Morgan fingerprint density at radius 1 is 1.13 bits per heavy atom. The van der Waals surface area contributed by atoms with Crippen molar-refractivity contribution < 1.29 is 4.79 Å². The number of nitrogens with zero attached hydrogens (tertiary/aromatic N) is 3. The molecule has 3 aromatic rings. The predicted molar refractivity (Wildman–Crippen MR) is 127 cm³/mol. The van der Waals surface area contributed by atoms with Crippen LogP contribution in [-0.4, -0.2) is 26.4 Å². The predicted octanol–water partition coefficient (Wildman–Crippen LogP) is 5.52. The van der Waals surface area contributed by atoms with Crippen LogP contribution in [0.15, 0.2) is 58.2 Å². The van der Waals surface area contributed by atoms with E-state index in [-0.39, 0.29) is 11.7 Å². The Balaban J connectivity index is 1.64. The second kappa shape index (κ2) is 10.8. The molecule has 0 spiro atoms. The van der Waals surface area contributed by atoms with Gasteiger partial charge in [-0.15, -0.1) is 10.2 Å². The van der Waals surface area contributed by atoms with Crippen molar-refractivity contribution in [3.8, 4) is 0 Å². The van der Waals surface area contributed by atoms with Gasteiger partial charge in [0.15, 0.2) is 5.16 Å². The maximum absolute atomic E-state index is 12.5. The molecule has 0 saturated carbocycles. The molecule has 0 unspecified atom stereocenters. The first-order valence-corrected chi connectivity index (χ1v) is 11.8. The van der Waals surface area contributed by atoms with Crippen molar-refractivity contribution in [3.63, 3.8) is 0 Å². The Morgan fingerprint density at radius 2 is 1.90 bits per heavy atom. The molecule has 0 bridgehead atoms. The largest absolute Gasteiger partial charge is 0.324 e. The number of hydrogen-bond acceptors (Lipinski definition) is 4. The molecule has 0 saturated heterocycles. The Morgan fingerprint density at radius 3 is 2.60 bits per heavy atom. The van der Waals surface area contributed by atoms with E-state index >= 15 is 0 Å². The van der Waals surface area contributed by atoms with Gasteiger partial charge in [-0.3, -0.25) is 4.79 Å². The van der Waals surface area contributed by atoms with E-state index in [1.54, 1.807) is 0 Å². The number of amides is 1. The molecule has 1 aromatic heterocycles. The van der Waals surface area contributed by atoms with E-state index in [1.807, 2.05) is 31.2 Å². The summed E-state index contributed by atoms with van der Waals surface area (Å²) < 4.78 is 3.04. The lowest BCUT2D eigenvalue weighted by atomic mass is 10.1. The molecule has 7 heteroatoms. The molecule has 1 heterocycles. The highest BCUT2D eigenvalue weighted by Crippen LogP contribution is 2.24. The number of benzene rings is 2. The lowest BCUT2D eigenvalue weighted by Gasteiger charge is -2.13. The molecule has 0 radical (unpaired) electrons. The van der Waals surface area contributed by atoms with Gasteiger partial charge in [0.25, 0.3) is 0 Å². The Kier molecular flexibility index (Phi) is 8.10. The van der Waals surface area contributed by atoms with Gasteiger partial charge >= 0.3 is 0 Å². The summed E-state index contributed by atoms with van der Waals surface area (Å²) in [6.07, 6.45) is 1.75. The normalized spacial score (nSPS) is 11.1. The first kappa shape index (κ1) is 22.6. The minimum atomic E-state index is -0.0607. The summed E-state index contributed by atoms with van der Waals surface area (Å²) in [5, 5.41) is 12.6. The molecular weight excluding hydrogens is 460 g/mol. The molecule has 2 aromatic carbocycles. The van der Waals surface area contributed by atoms with Crippen LogP contribution in [0.25, 0.3) is 0 Å². The lowest BCUT2D eigenvalue weighted by Crippen LogP contribution is -2.16. The minimum absolute atomic E-state index is 0.0607. The number of halogens is 1. The summed E-state index contributed by atoms with van der Waals surface area (Å²) in [4.78, 5) is 12.5. The van der Waals surface area contributed by atoms with Gasteiger partial charge < -0.3 is 9.88 Å². The van der Waals surface area contributed by atoms with Gasteiger partial charge in [-0.1, -0.05) is 62.0 Å². The van der Waals surface area contributed by atoms with Crippen LogP contribution >= 0.6 is 27.7 Å². The average molecular weight is 487 g/mol.